The summed E-state index contributed by atoms with van der Waals surface area (Å²) >= 11 is 0. The van der Waals surface area contributed by atoms with Gasteiger partial charge in [0.25, 0.3) is 0 Å². The second-order valence-electron chi connectivity index (χ2n) is 27.1. The lowest BCUT2D eigenvalue weighted by Crippen LogP contribution is -2.30. The Morgan fingerprint density at radius 2 is 0.533 bits per heavy atom. The van der Waals surface area contributed by atoms with Gasteiger partial charge in [0, 0.05) is 25.7 Å². The molecule has 0 heterocycles. The van der Waals surface area contributed by atoms with E-state index >= 15 is 0 Å². The first-order valence-corrected chi connectivity index (χ1v) is 39.8. The summed E-state index contributed by atoms with van der Waals surface area (Å²) in [5.74, 6) is 0.877. The highest BCUT2D eigenvalue weighted by atomic mass is 31.2. The van der Waals surface area contributed by atoms with Gasteiger partial charge < -0.3 is 33.8 Å². The SMILES string of the molecule is CCC(C)CCCCCCCCCCC(=O)O[C@H](COC(=O)CCCCCCCCCC(C)C)COP(=O)(O)OC[C@@H](O)COP(=O)(O)OC[C@@H](COC(=O)CCCCCCCCC(C)CC)OC(=O)CCCCCCCCCCCCCCCCCC(C)C. The summed E-state index contributed by atoms with van der Waals surface area (Å²) in [6.45, 7) is 14.1. The van der Waals surface area contributed by atoms with Gasteiger partial charge in [0.1, 0.15) is 19.3 Å². The van der Waals surface area contributed by atoms with Crippen molar-refractivity contribution in [3.63, 3.8) is 0 Å². The number of unbranched alkanes of at least 4 members (excludes halogenated alkanes) is 32. The Kier molecular flexibility index (Phi) is 59.4. The molecule has 0 aromatic rings. The van der Waals surface area contributed by atoms with Crippen LogP contribution in [0.5, 0.6) is 0 Å². The zero-order chi connectivity index (χ0) is 66.8. The number of rotatable bonds is 68. The van der Waals surface area contributed by atoms with E-state index < -0.39 is 97.5 Å². The molecule has 4 unspecified atom stereocenters. The molecule has 0 aliphatic heterocycles. The number of esters is 4. The van der Waals surface area contributed by atoms with Crippen molar-refractivity contribution in [3.05, 3.63) is 0 Å². The number of carbonyl (C=O) groups is 4. The van der Waals surface area contributed by atoms with Crippen LogP contribution in [0.4, 0.5) is 0 Å². The smallest absolute Gasteiger partial charge is 0.462 e. The molecule has 17 nitrogen and oxygen atoms in total. The average molecular weight is 1330 g/mol. The molecule has 0 rings (SSSR count). The Morgan fingerprint density at radius 1 is 0.311 bits per heavy atom. The molecule has 0 aromatic carbocycles. The van der Waals surface area contributed by atoms with Gasteiger partial charge in [-0.15, -0.1) is 0 Å². The van der Waals surface area contributed by atoms with Gasteiger partial charge in [0.15, 0.2) is 12.2 Å². The third-order valence-electron chi connectivity index (χ3n) is 17.0. The molecule has 0 bridgehead atoms. The van der Waals surface area contributed by atoms with E-state index in [1.807, 2.05) is 0 Å². The monoisotopic (exact) mass is 1320 g/mol. The van der Waals surface area contributed by atoms with Crippen molar-refractivity contribution in [1.29, 1.82) is 0 Å². The summed E-state index contributed by atoms with van der Waals surface area (Å²) in [6.07, 6.45) is 43.2. The van der Waals surface area contributed by atoms with Crippen molar-refractivity contribution in [1.82, 2.24) is 0 Å². The maximum absolute atomic E-state index is 13.0. The quantitative estimate of drug-likeness (QED) is 0.0222. The predicted molar refractivity (Wildman–Crippen MR) is 363 cm³/mol. The summed E-state index contributed by atoms with van der Waals surface area (Å²) in [4.78, 5) is 72.5. The van der Waals surface area contributed by atoms with Crippen LogP contribution >= 0.6 is 15.6 Å². The molecule has 0 aromatic heterocycles. The molecule has 3 N–H and O–H groups in total. The van der Waals surface area contributed by atoms with Crippen LogP contribution in [0.25, 0.3) is 0 Å². The molecule has 7 atom stereocenters. The molecule has 0 fully saturated rings. The molecular weight excluding hydrogens is 1190 g/mol. The molecule has 0 saturated carbocycles. The zero-order valence-corrected chi connectivity index (χ0v) is 60.6. The highest BCUT2D eigenvalue weighted by molar-refractivity contribution is 7.47. The Balaban J connectivity index is 5.23. The number of aliphatic hydroxyl groups excluding tert-OH is 1. The van der Waals surface area contributed by atoms with Crippen molar-refractivity contribution in [2.24, 2.45) is 23.7 Å². The van der Waals surface area contributed by atoms with Crippen LogP contribution in [0.3, 0.4) is 0 Å². The predicted octanol–water partition coefficient (Wildman–Crippen LogP) is 20.1. The summed E-state index contributed by atoms with van der Waals surface area (Å²) in [6, 6.07) is 0. The van der Waals surface area contributed by atoms with E-state index in [9.17, 15) is 43.2 Å². The highest BCUT2D eigenvalue weighted by Gasteiger charge is 2.30. The second-order valence-corrected chi connectivity index (χ2v) is 30.0. The first-order chi connectivity index (χ1) is 43.2. The minimum atomic E-state index is -4.95. The number of phosphoric acid groups is 2. The van der Waals surface area contributed by atoms with Gasteiger partial charge in [-0.05, 0) is 49.4 Å². The lowest BCUT2D eigenvalue weighted by atomic mass is 9.99. The number of aliphatic hydroxyl groups is 1. The van der Waals surface area contributed by atoms with Crippen LogP contribution in [0, 0.1) is 23.7 Å². The van der Waals surface area contributed by atoms with Crippen LogP contribution in [0.1, 0.15) is 351 Å². The van der Waals surface area contributed by atoms with E-state index in [-0.39, 0.29) is 25.7 Å². The number of phosphoric ester groups is 2. The zero-order valence-electron chi connectivity index (χ0n) is 58.8. The number of hydrogen-bond acceptors (Lipinski definition) is 15. The van der Waals surface area contributed by atoms with Crippen LogP contribution in [-0.4, -0.2) is 96.7 Å². The Labute approximate surface area is 549 Å². The Hall–Kier alpha value is -1.94. The molecule has 0 spiro atoms. The molecule has 0 radical (unpaired) electrons. The third-order valence-corrected chi connectivity index (χ3v) is 18.9. The first kappa shape index (κ1) is 88.1. The molecule has 0 aliphatic carbocycles. The standard InChI is InChI=1S/C71H138O17P2/c1-9-63(7)49-41-33-25-20-21-27-38-46-54-71(76)88-66(57-81-68(73)51-43-35-28-22-24-32-40-48-62(5)6)59-85-89(77,78)83-55-65(72)56-84-90(79,80)86-60-67(58-82-69(74)52-44-36-30-29-34-42-50-64(8)10-2)87-70(75)53-45-37-26-19-17-15-13-11-12-14-16-18-23-31-39-47-61(3)4/h61-67,72H,9-60H2,1-8H3,(H,77,78)(H,79,80)/t63?,64?,65-,66-,67-/m1/s1. The average Bonchev–Trinajstić information content (AvgIpc) is 3.65. The fourth-order valence-corrected chi connectivity index (χ4v) is 12.2. The largest absolute Gasteiger partial charge is 0.472 e. The van der Waals surface area contributed by atoms with E-state index in [1.165, 1.54) is 141 Å². The Bertz CT molecular complexity index is 1790. The normalized spacial score (nSPS) is 14.9. The topological polar surface area (TPSA) is 237 Å². The minimum Gasteiger partial charge on any atom is -0.462 e. The van der Waals surface area contributed by atoms with E-state index in [1.54, 1.807) is 0 Å². The van der Waals surface area contributed by atoms with Crippen LogP contribution in [0.15, 0.2) is 0 Å². The van der Waals surface area contributed by atoms with Gasteiger partial charge in [0.05, 0.1) is 26.4 Å². The summed E-state index contributed by atoms with van der Waals surface area (Å²) < 4.78 is 68.3. The molecule has 534 valence electrons. The van der Waals surface area contributed by atoms with E-state index in [2.05, 4.69) is 55.4 Å². The van der Waals surface area contributed by atoms with E-state index in [0.717, 1.165) is 120 Å². The van der Waals surface area contributed by atoms with Crippen LogP contribution < -0.4 is 0 Å². The Morgan fingerprint density at radius 3 is 0.789 bits per heavy atom. The molecule has 0 aliphatic rings. The lowest BCUT2D eigenvalue weighted by Gasteiger charge is -2.21. The second kappa shape index (κ2) is 60.7. The van der Waals surface area contributed by atoms with Gasteiger partial charge >= 0.3 is 39.5 Å². The van der Waals surface area contributed by atoms with Crippen molar-refractivity contribution in [2.75, 3.05) is 39.6 Å². The van der Waals surface area contributed by atoms with Gasteiger partial charge in [-0.1, -0.05) is 299 Å². The number of ether oxygens (including phenoxy) is 4. The number of hydrogen-bond donors (Lipinski definition) is 3. The van der Waals surface area contributed by atoms with Crippen LogP contribution in [0.2, 0.25) is 0 Å². The van der Waals surface area contributed by atoms with Gasteiger partial charge in [-0.3, -0.25) is 37.3 Å². The molecular formula is C71H138O17P2. The molecule has 0 amide bonds. The maximum Gasteiger partial charge on any atom is 0.472 e. The molecule has 19 heteroatoms. The molecule has 0 saturated heterocycles. The first-order valence-electron chi connectivity index (χ1n) is 36.8. The van der Waals surface area contributed by atoms with Crippen molar-refractivity contribution in [2.45, 2.75) is 369 Å². The fraction of sp³-hybridized carbons (Fsp3) is 0.944. The summed E-state index contributed by atoms with van der Waals surface area (Å²) in [5, 5.41) is 10.6. The van der Waals surface area contributed by atoms with Crippen molar-refractivity contribution >= 4 is 39.5 Å². The van der Waals surface area contributed by atoms with Gasteiger partial charge in [0.2, 0.25) is 0 Å². The maximum atomic E-state index is 13.0. The summed E-state index contributed by atoms with van der Waals surface area (Å²) in [7, 11) is -9.90. The van der Waals surface area contributed by atoms with E-state index in [4.69, 9.17) is 37.0 Å². The van der Waals surface area contributed by atoms with Crippen molar-refractivity contribution < 1.29 is 80.2 Å². The van der Waals surface area contributed by atoms with Crippen LogP contribution in [-0.2, 0) is 65.4 Å². The molecule has 90 heavy (non-hydrogen) atoms. The summed E-state index contributed by atoms with van der Waals surface area (Å²) in [5.41, 5.74) is 0. The lowest BCUT2D eigenvalue weighted by molar-refractivity contribution is -0.161. The van der Waals surface area contributed by atoms with Crippen molar-refractivity contribution in [3.8, 4) is 0 Å². The van der Waals surface area contributed by atoms with E-state index in [0.29, 0.717) is 31.6 Å². The minimum absolute atomic E-state index is 0.104. The third kappa shape index (κ3) is 62.2. The fourth-order valence-electron chi connectivity index (χ4n) is 10.6. The van der Waals surface area contributed by atoms with Gasteiger partial charge in [-0.2, -0.15) is 0 Å². The van der Waals surface area contributed by atoms with Gasteiger partial charge in [-0.25, -0.2) is 9.13 Å². The highest BCUT2D eigenvalue weighted by Crippen LogP contribution is 2.45. The number of carbonyl (C=O) groups excluding carboxylic acids is 4.